The molecule has 2 aromatic carbocycles. The predicted molar refractivity (Wildman–Crippen MR) is 130 cm³/mol. The van der Waals surface area contributed by atoms with Crippen LogP contribution < -0.4 is 10.2 Å². The van der Waals surface area contributed by atoms with E-state index < -0.39 is 0 Å². The summed E-state index contributed by atoms with van der Waals surface area (Å²) in [4.78, 5) is 1.48. The Labute approximate surface area is 192 Å². The largest absolute Gasteiger partial charge is 0.493 e. The molecule has 0 atom stereocenters. The van der Waals surface area contributed by atoms with Crippen LogP contribution in [0.15, 0.2) is 52.7 Å². The first-order valence-corrected chi connectivity index (χ1v) is 11.4. The fraction of sp³-hybridized carbons (Fsp3) is 0.348. The summed E-state index contributed by atoms with van der Waals surface area (Å²) in [5.74, 6) is 0.128. The molecule has 3 N–H and O–H groups in total. The Bertz CT molecular complexity index is 1120. The lowest BCUT2D eigenvalue weighted by molar-refractivity contribution is -0.921. The minimum absolute atomic E-state index is 0.128. The summed E-state index contributed by atoms with van der Waals surface area (Å²) >= 11 is 11.5. The molecule has 0 amide bonds. The Morgan fingerprint density at radius 1 is 1.13 bits per heavy atom. The average Bonchev–Trinajstić information content (AvgIpc) is 2.92. The van der Waals surface area contributed by atoms with E-state index in [9.17, 15) is 5.11 Å². The second-order valence-corrected chi connectivity index (χ2v) is 8.78. The standard InChI is InChI=1S/C23H26ClN5OS/c1-16-18(24)10-8-11-19(16)25-23(31)27-26-21-17-9-4-5-12-20(17)29(22(21)30)15-28-13-6-2-3-7-14-28/h4-5,8-12,30H,2-3,6-7,13-15H2,1H3,(H,25,31)/p+1. The molecule has 162 valence electrons. The third-order valence-electron chi connectivity index (χ3n) is 5.86. The molecule has 4 rings (SSSR count). The maximum atomic E-state index is 11.0. The molecule has 0 aliphatic carbocycles. The highest BCUT2D eigenvalue weighted by Crippen LogP contribution is 2.38. The summed E-state index contributed by atoms with van der Waals surface area (Å²) in [6.45, 7) is 4.87. The highest BCUT2D eigenvalue weighted by atomic mass is 35.5. The minimum Gasteiger partial charge on any atom is -0.493 e. The zero-order valence-electron chi connectivity index (χ0n) is 17.6. The number of anilines is 1. The number of hydrogen-bond donors (Lipinski definition) is 3. The molecule has 1 aromatic heterocycles. The van der Waals surface area contributed by atoms with E-state index in [-0.39, 0.29) is 11.0 Å². The van der Waals surface area contributed by atoms with Crippen molar-refractivity contribution < 1.29 is 10.0 Å². The highest BCUT2D eigenvalue weighted by Gasteiger charge is 2.21. The lowest BCUT2D eigenvalue weighted by Crippen LogP contribution is -3.11. The van der Waals surface area contributed by atoms with E-state index in [0.29, 0.717) is 17.4 Å². The zero-order chi connectivity index (χ0) is 21.8. The number of thiocarbonyl (C=S) groups is 1. The van der Waals surface area contributed by atoms with Crippen molar-refractivity contribution in [3.8, 4) is 5.88 Å². The summed E-state index contributed by atoms with van der Waals surface area (Å²) in [6.07, 6.45) is 5.03. The first kappa shape index (κ1) is 21.7. The van der Waals surface area contributed by atoms with Gasteiger partial charge in [-0.2, -0.15) is 0 Å². The highest BCUT2D eigenvalue weighted by molar-refractivity contribution is 7.80. The monoisotopic (exact) mass is 456 g/mol. The van der Waals surface area contributed by atoms with Gasteiger partial charge in [-0.15, -0.1) is 10.2 Å². The van der Waals surface area contributed by atoms with Crippen LogP contribution >= 0.6 is 23.8 Å². The number of halogens is 1. The summed E-state index contributed by atoms with van der Waals surface area (Å²) in [5.41, 5.74) is 3.07. The number of fused-ring (bicyclic) bond motifs is 1. The molecule has 1 fully saturated rings. The SMILES string of the molecule is Cc1c(Cl)cccc1NC(=S)N=Nc1c(O)n(C[NH+]2CCCCCC2)c2ccccc12. The Morgan fingerprint density at radius 2 is 1.87 bits per heavy atom. The number of rotatable bonds is 4. The molecular formula is C23H27ClN5OS+. The van der Waals surface area contributed by atoms with Gasteiger partial charge in [-0.05, 0) is 68.6 Å². The third kappa shape index (κ3) is 4.89. The zero-order valence-corrected chi connectivity index (χ0v) is 19.1. The third-order valence-corrected chi connectivity index (χ3v) is 6.45. The van der Waals surface area contributed by atoms with Gasteiger partial charge in [0.05, 0.1) is 18.6 Å². The molecule has 31 heavy (non-hydrogen) atoms. The molecule has 0 radical (unpaired) electrons. The van der Waals surface area contributed by atoms with Crippen LogP contribution in [0.1, 0.15) is 31.2 Å². The number of benzene rings is 2. The Hall–Kier alpha value is -2.48. The van der Waals surface area contributed by atoms with Crippen molar-refractivity contribution in [2.75, 3.05) is 18.4 Å². The van der Waals surface area contributed by atoms with Crippen LogP contribution in [0.2, 0.25) is 5.02 Å². The van der Waals surface area contributed by atoms with E-state index in [2.05, 4.69) is 15.5 Å². The number of aromatic hydroxyl groups is 1. The van der Waals surface area contributed by atoms with E-state index in [1.165, 1.54) is 30.6 Å². The number of para-hydroxylation sites is 1. The lowest BCUT2D eigenvalue weighted by atomic mass is 10.2. The van der Waals surface area contributed by atoms with Gasteiger partial charge >= 0.3 is 0 Å². The second kappa shape index (κ2) is 9.77. The van der Waals surface area contributed by atoms with Crippen molar-refractivity contribution in [1.29, 1.82) is 0 Å². The van der Waals surface area contributed by atoms with Crippen molar-refractivity contribution in [1.82, 2.24) is 4.57 Å². The van der Waals surface area contributed by atoms with E-state index >= 15 is 0 Å². The molecule has 0 spiro atoms. The molecule has 6 nitrogen and oxygen atoms in total. The van der Waals surface area contributed by atoms with E-state index in [0.717, 1.165) is 35.2 Å². The first-order chi connectivity index (χ1) is 15.0. The summed E-state index contributed by atoms with van der Waals surface area (Å²) < 4.78 is 1.95. The van der Waals surface area contributed by atoms with Gasteiger partial charge in [0, 0.05) is 16.1 Å². The molecule has 1 aliphatic rings. The van der Waals surface area contributed by atoms with Crippen LogP contribution in [0, 0.1) is 6.92 Å². The molecule has 8 heteroatoms. The van der Waals surface area contributed by atoms with Crippen molar-refractivity contribution in [2.24, 2.45) is 10.2 Å². The van der Waals surface area contributed by atoms with Crippen molar-refractivity contribution in [2.45, 2.75) is 39.3 Å². The molecule has 2 heterocycles. The van der Waals surface area contributed by atoms with Crippen molar-refractivity contribution in [3.63, 3.8) is 0 Å². The number of nitrogens with zero attached hydrogens (tertiary/aromatic N) is 3. The van der Waals surface area contributed by atoms with Crippen molar-refractivity contribution >= 4 is 51.2 Å². The van der Waals surface area contributed by atoms with Crippen LogP contribution in [0.4, 0.5) is 11.4 Å². The van der Waals surface area contributed by atoms with Gasteiger partial charge in [0.15, 0.2) is 12.4 Å². The van der Waals surface area contributed by atoms with E-state index in [1.807, 2.05) is 54.0 Å². The van der Waals surface area contributed by atoms with Crippen LogP contribution in [0.5, 0.6) is 5.88 Å². The van der Waals surface area contributed by atoms with Gasteiger partial charge in [-0.3, -0.25) is 4.57 Å². The molecule has 1 saturated heterocycles. The average molecular weight is 457 g/mol. The van der Waals surface area contributed by atoms with Gasteiger partial charge in [0.1, 0.15) is 0 Å². The fourth-order valence-electron chi connectivity index (χ4n) is 4.12. The normalized spacial score (nSPS) is 15.4. The maximum absolute atomic E-state index is 11.0. The van der Waals surface area contributed by atoms with E-state index in [1.54, 1.807) is 0 Å². The van der Waals surface area contributed by atoms with Gasteiger partial charge in [0.25, 0.3) is 0 Å². The molecule has 0 unspecified atom stereocenters. The van der Waals surface area contributed by atoms with Crippen LogP contribution in [0.3, 0.4) is 0 Å². The summed E-state index contributed by atoms with van der Waals surface area (Å²) in [5, 5.41) is 24.3. The maximum Gasteiger partial charge on any atom is 0.225 e. The number of azo groups is 1. The van der Waals surface area contributed by atoms with Gasteiger partial charge in [0.2, 0.25) is 11.0 Å². The van der Waals surface area contributed by atoms with Crippen LogP contribution in [-0.2, 0) is 6.67 Å². The number of quaternary nitrogens is 1. The first-order valence-electron chi connectivity index (χ1n) is 10.7. The summed E-state index contributed by atoms with van der Waals surface area (Å²) in [6, 6.07) is 13.4. The van der Waals surface area contributed by atoms with Gasteiger partial charge < -0.3 is 15.3 Å². The lowest BCUT2D eigenvalue weighted by Gasteiger charge is -2.18. The number of nitrogens with one attached hydrogen (secondary N) is 2. The molecule has 0 saturated carbocycles. The summed E-state index contributed by atoms with van der Waals surface area (Å²) in [7, 11) is 0. The fourth-order valence-corrected chi connectivity index (χ4v) is 4.44. The quantitative estimate of drug-likeness (QED) is 0.373. The Morgan fingerprint density at radius 3 is 2.65 bits per heavy atom. The number of hydrogen-bond acceptors (Lipinski definition) is 3. The molecule has 1 aliphatic heterocycles. The smallest absolute Gasteiger partial charge is 0.225 e. The van der Waals surface area contributed by atoms with Crippen LogP contribution in [0.25, 0.3) is 10.9 Å². The topological polar surface area (TPSA) is 66.4 Å². The number of likely N-dealkylation sites (tertiary alicyclic amines) is 1. The number of aromatic nitrogens is 1. The predicted octanol–water partition coefficient (Wildman–Crippen LogP) is 5.21. The molecule has 0 bridgehead atoms. The van der Waals surface area contributed by atoms with Gasteiger partial charge in [-0.1, -0.05) is 35.9 Å². The second-order valence-electron chi connectivity index (χ2n) is 7.98. The minimum atomic E-state index is 0.128. The molecular weight excluding hydrogens is 430 g/mol. The van der Waals surface area contributed by atoms with E-state index in [4.69, 9.17) is 23.8 Å². The Balaban J connectivity index is 1.59. The molecule has 3 aromatic rings. The van der Waals surface area contributed by atoms with Gasteiger partial charge in [-0.25, -0.2) is 0 Å². The van der Waals surface area contributed by atoms with Crippen LogP contribution in [-0.4, -0.2) is 27.9 Å². The van der Waals surface area contributed by atoms with Crippen molar-refractivity contribution in [3.05, 3.63) is 53.1 Å². The Kier molecular flexibility index (Phi) is 6.85.